The third-order valence-corrected chi connectivity index (χ3v) is 8.55. The quantitative estimate of drug-likeness (QED) is 0.254. The van der Waals surface area contributed by atoms with Gasteiger partial charge in [0, 0.05) is 28.2 Å². The van der Waals surface area contributed by atoms with Crippen molar-refractivity contribution in [3.63, 3.8) is 0 Å². The second kappa shape index (κ2) is 9.54. The van der Waals surface area contributed by atoms with Crippen LogP contribution in [0.2, 0.25) is 0 Å². The first-order valence-electron chi connectivity index (χ1n) is 11.3. The molecule has 2 heterocycles. The lowest BCUT2D eigenvalue weighted by molar-refractivity contribution is -0.131. The first kappa shape index (κ1) is 24.3. The normalized spacial score (nSPS) is 11.7. The summed E-state index contributed by atoms with van der Waals surface area (Å²) in [6.45, 7) is 1.89. The Morgan fingerprint density at radius 3 is 2.51 bits per heavy atom. The van der Waals surface area contributed by atoms with Crippen LogP contribution < -0.4 is 0 Å². The molecule has 0 spiro atoms. The zero-order chi connectivity index (χ0) is 26.2. The van der Waals surface area contributed by atoms with Crippen molar-refractivity contribution in [2.45, 2.75) is 11.8 Å². The van der Waals surface area contributed by atoms with Crippen LogP contribution in [0.15, 0.2) is 95.2 Å². The van der Waals surface area contributed by atoms with Gasteiger partial charge in [-0.3, -0.25) is 0 Å². The van der Waals surface area contributed by atoms with Gasteiger partial charge in [0.2, 0.25) is 0 Å². The summed E-state index contributed by atoms with van der Waals surface area (Å²) >= 11 is 1.29. The van der Waals surface area contributed by atoms with Crippen LogP contribution in [0.3, 0.4) is 0 Å². The number of fused-ring (bicyclic) bond motifs is 1. The predicted octanol–water partition coefficient (Wildman–Crippen LogP) is 6.55. The molecule has 0 bridgehead atoms. The maximum Gasteiger partial charge on any atom is 0.328 e. The second-order valence-electron chi connectivity index (χ2n) is 8.40. The SMILES string of the molecule is Cc1ccc(S(=O)(=O)n2c(-c3cccc(/C=C/C(=O)O)c3)c(-c3ccsc3C#N)c3ccccc32)cc1. The fraction of sp³-hybridized carbons (Fsp3) is 0.0345. The molecule has 1 N–H and O–H groups in total. The zero-order valence-electron chi connectivity index (χ0n) is 19.6. The Morgan fingerprint density at radius 1 is 1.03 bits per heavy atom. The number of carboxylic acids is 1. The Hall–Kier alpha value is -4.45. The molecular weight excluding hydrogens is 504 g/mol. The molecule has 0 amide bonds. The first-order valence-corrected chi connectivity index (χ1v) is 13.6. The minimum Gasteiger partial charge on any atom is -0.478 e. The van der Waals surface area contributed by atoms with Crippen molar-refractivity contribution in [2.75, 3.05) is 0 Å². The van der Waals surface area contributed by atoms with E-state index in [1.165, 1.54) is 21.4 Å². The minimum absolute atomic E-state index is 0.138. The Morgan fingerprint density at radius 2 is 1.78 bits per heavy atom. The molecule has 0 aliphatic heterocycles. The molecule has 0 aliphatic rings. The highest BCUT2D eigenvalue weighted by atomic mass is 32.2. The molecule has 37 heavy (non-hydrogen) atoms. The fourth-order valence-electron chi connectivity index (χ4n) is 4.36. The van der Waals surface area contributed by atoms with Gasteiger partial charge in [-0.15, -0.1) is 11.3 Å². The van der Waals surface area contributed by atoms with E-state index in [9.17, 15) is 18.5 Å². The van der Waals surface area contributed by atoms with Crippen LogP contribution >= 0.6 is 11.3 Å². The Kier molecular flexibility index (Phi) is 6.25. The zero-order valence-corrected chi connectivity index (χ0v) is 21.3. The number of hydrogen-bond donors (Lipinski definition) is 1. The van der Waals surface area contributed by atoms with Crippen LogP contribution in [0.5, 0.6) is 0 Å². The lowest BCUT2D eigenvalue weighted by Crippen LogP contribution is -2.14. The highest BCUT2D eigenvalue weighted by Crippen LogP contribution is 2.45. The van der Waals surface area contributed by atoms with Gasteiger partial charge in [0.05, 0.1) is 16.1 Å². The van der Waals surface area contributed by atoms with Crippen LogP contribution in [0.4, 0.5) is 0 Å². The maximum absolute atomic E-state index is 14.2. The van der Waals surface area contributed by atoms with Gasteiger partial charge in [0.25, 0.3) is 10.0 Å². The van der Waals surface area contributed by atoms with Crippen LogP contribution in [-0.2, 0) is 14.8 Å². The fourth-order valence-corrected chi connectivity index (χ4v) is 6.60. The van der Waals surface area contributed by atoms with E-state index in [1.54, 1.807) is 60.7 Å². The van der Waals surface area contributed by atoms with Crippen molar-refractivity contribution in [1.29, 1.82) is 5.26 Å². The van der Waals surface area contributed by atoms with E-state index in [0.29, 0.717) is 43.7 Å². The van der Waals surface area contributed by atoms with Crippen LogP contribution in [-0.4, -0.2) is 23.5 Å². The highest BCUT2D eigenvalue weighted by molar-refractivity contribution is 7.90. The van der Waals surface area contributed by atoms with Crippen molar-refractivity contribution in [2.24, 2.45) is 0 Å². The highest BCUT2D eigenvalue weighted by Gasteiger charge is 2.29. The van der Waals surface area contributed by atoms with Crippen molar-refractivity contribution in [1.82, 2.24) is 3.97 Å². The molecule has 0 saturated carbocycles. The average Bonchev–Trinajstić information content (AvgIpc) is 3.50. The van der Waals surface area contributed by atoms with E-state index >= 15 is 0 Å². The number of thiophene rings is 1. The summed E-state index contributed by atoms with van der Waals surface area (Å²) in [7, 11) is -4.06. The number of aliphatic carboxylic acids is 1. The molecule has 182 valence electrons. The van der Waals surface area contributed by atoms with Crippen molar-refractivity contribution < 1.29 is 18.3 Å². The number of benzene rings is 3. The molecule has 0 radical (unpaired) electrons. The van der Waals surface area contributed by atoms with E-state index in [-0.39, 0.29) is 4.90 Å². The molecule has 5 rings (SSSR count). The number of aromatic nitrogens is 1. The van der Waals surface area contributed by atoms with Crippen molar-refractivity contribution in [3.8, 4) is 28.5 Å². The summed E-state index contributed by atoms with van der Waals surface area (Å²) in [6, 6.07) is 25.0. The monoisotopic (exact) mass is 524 g/mol. The van der Waals surface area contributed by atoms with Crippen LogP contribution in [0.25, 0.3) is 39.4 Å². The molecule has 0 atom stereocenters. The lowest BCUT2D eigenvalue weighted by Gasteiger charge is -2.14. The Bertz CT molecular complexity index is 1840. The number of nitriles is 1. The molecule has 3 aromatic carbocycles. The molecule has 6 nitrogen and oxygen atoms in total. The maximum atomic E-state index is 14.2. The summed E-state index contributed by atoms with van der Waals surface area (Å²) < 4.78 is 29.7. The van der Waals surface area contributed by atoms with E-state index in [4.69, 9.17) is 5.11 Å². The van der Waals surface area contributed by atoms with Gasteiger partial charge >= 0.3 is 5.97 Å². The lowest BCUT2D eigenvalue weighted by atomic mass is 9.98. The Balaban J connectivity index is 1.92. The molecule has 5 aromatic rings. The third-order valence-electron chi connectivity index (χ3n) is 6.01. The van der Waals surface area contributed by atoms with Gasteiger partial charge in [-0.1, -0.05) is 54.1 Å². The standard InChI is InChI=1S/C29H20N2O4S2/c1-19-9-12-22(13-10-19)37(34,35)31-25-8-3-2-7-23(25)28(24-15-16-36-26(24)18-30)29(31)21-6-4-5-20(17-21)11-14-27(32)33/h2-17H,1H3,(H,32,33)/b14-11+. The number of nitrogens with zero attached hydrogens (tertiary/aromatic N) is 2. The molecule has 8 heteroatoms. The van der Waals surface area contributed by atoms with Gasteiger partial charge in [-0.2, -0.15) is 5.26 Å². The largest absolute Gasteiger partial charge is 0.478 e. The third kappa shape index (κ3) is 4.35. The summed E-state index contributed by atoms with van der Waals surface area (Å²) in [5.74, 6) is -1.08. The van der Waals surface area contributed by atoms with E-state index < -0.39 is 16.0 Å². The number of aryl methyl sites for hydroxylation is 1. The van der Waals surface area contributed by atoms with E-state index in [1.807, 2.05) is 30.5 Å². The molecule has 0 fully saturated rings. The van der Waals surface area contributed by atoms with Gasteiger partial charge in [0.15, 0.2) is 0 Å². The van der Waals surface area contributed by atoms with E-state index in [0.717, 1.165) is 11.6 Å². The Labute approximate surface area is 218 Å². The molecule has 0 aliphatic carbocycles. The number of rotatable bonds is 6. The summed E-state index contributed by atoms with van der Waals surface area (Å²) in [5, 5.41) is 21.4. The minimum atomic E-state index is -4.06. The molecule has 2 aromatic heterocycles. The summed E-state index contributed by atoms with van der Waals surface area (Å²) in [4.78, 5) is 11.7. The van der Waals surface area contributed by atoms with Crippen molar-refractivity contribution >= 4 is 44.3 Å². The van der Waals surface area contributed by atoms with Crippen molar-refractivity contribution in [3.05, 3.63) is 106 Å². The number of carbonyl (C=O) groups is 1. The first-order chi connectivity index (χ1) is 17.8. The summed E-state index contributed by atoms with van der Waals surface area (Å²) in [6.07, 6.45) is 2.49. The van der Waals surface area contributed by atoms with E-state index in [2.05, 4.69) is 6.07 Å². The van der Waals surface area contributed by atoms with Gasteiger partial charge < -0.3 is 5.11 Å². The molecule has 0 saturated heterocycles. The number of hydrogen-bond acceptors (Lipinski definition) is 5. The van der Waals surface area contributed by atoms with Crippen LogP contribution in [0, 0.1) is 18.3 Å². The van der Waals surface area contributed by atoms with Gasteiger partial charge in [-0.05, 0) is 54.3 Å². The van der Waals surface area contributed by atoms with Gasteiger partial charge in [0.1, 0.15) is 10.9 Å². The number of para-hydroxylation sites is 1. The predicted molar refractivity (Wildman–Crippen MR) is 146 cm³/mol. The topological polar surface area (TPSA) is 100 Å². The number of carboxylic acid groups (broad SMARTS) is 1. The second-order valence-corrected chi connectivity index (χ2v) is 11.1. The molecular formula is C29H20N2O4S2. The smallest absolute Gasteiger partial charge is 0.328 e. The van der Waals surface area contributed by atoms with Crippen LogP contribution in [0.1, 0.15) is 16.0 Å². The molecule has 0 unspecified atom stereocenters. The van der Waals surface area contributed by atoms with Gasteiger partial charge in [-0.25, -0.2) is 17.2 Å². The summed E-state index contributed by atoms with van der Waals surface area (Å²) in [5.41, 5.74) is 4.26. The average molecular weight is 525 g/mol.